The van der Waals surface area contributed by atoms with Crippen molar-refractivity contribution in [1.82, 2.24) is 74.3 Å². The lowest BCUT2D eigenvalue weighted by Crippen LogP contribution is -2.33. The van der Waals surface area contributed by atoms with Gasteiger partial charge in [-0.05, 0) is 39.0 Å². The van der Waals surface area contributed by atoms with Crippen LogP contribution in [0, 0.1) is 0 Å². The third kappa shape index (κ3) is 16.7. The van der Waals surface area contributed by atoms with E-state index in [9.17, 15) is 43.2 Å². The van der Waals surface area contributed by atoms with Crippen molar-refractivity contribution >= 4 is 76.3 Å². The molecule has 28 nitrogen and oxygen atoms in total. The largest absolute Gasteiger partial charge is 0.356 e. The predicted octanol–water partition coefficient (Wildman–Crippen LogP) is -0.545. The monoisotopic (exact) mass is 1010 g/mol. The molecular formula is C45H63N19O9. The van der Waals surface area contributed by atoms with Gasteiger partial charge in [0.1, 0.15) is 5.69 Å². The molecule has 0 saturated carbocycles. The second-order valence-electron chi connectivity index (χ2n) is 16.9. The molecule has 0 saturated heterocycles. The van der Waals surface area contributed by atoms with Crippen molar-refractivity contribution in [2.45, 2.75) is 45.4 Å². The fourth-order valence-electron chi connectivity index (χ4n) is 7.02. The Morgan fingerprint density at radius 1 is 0.479 bits per heavy atom. The smallest absolute Gasteiger partial charge is 0.292 e. The second-order valence-corrected chi connectivity index (χ2v) is 16.9. The summed E-state index contributed by atoms with van der Waals surface area (Å²) in [6.07, 6.45) is 10.8. The maximum Gasteiger partial charge on any atom is 0.292 e. The maximum atomic E-state index is 13.2. The standard InChI is InChI=1S/C45H63N19O9/c1-8-33(65)46-14-9-20-59(2)21-10-15-47-34(66)11-16-50-42(70)38-55-30(25-62(38)5)53-35(67)12-17-49-41(69)29-23-28(24-61(29)4)52-45(73)40-56-31(26-64(40)7)54-36(68)13-18-51-43(71)39-57-32(27-63(39)6)58-44(72)37-48-19-22-60(37)3/h19,22-27H,8-18,20-21H2,1-7H3,(H,46,65)(H,47,66)(H,49,69)(H,50,70)(H,51,71)(H,52,73)(H,53,67)(H,54,68)(H,58,72). The Balaban J connectivity index is 0.968. The van der Waals surface area contributed by atoms with Gasteiger partial charge in [0.2, 0.25) is 41.1 Å². The first-order valence-corrected chi connectivity index (χ1v) is 23.3. The zero-order valence-electron chi connectivity index (χ0n) is 41.9. The van der Waals surface area contributed by atoms with Crippen molar-refractivity contribution < 1.29 is 43.2 Å². The van der Waals surface area contributed by atoms with E-state index in [2.05, 4.69) is 72.7 Å². The second kappa shape index (κ2) is 26.5. The van der Waals surface area contributed by atoms with Gasteiger partial charge in [-0.25, -0.2) is 19.9 Å². The molecule has 0 aliphatic rings. The Morgan fingerprint density at radius 3 is 1.42 bits per heavy atom. The van der Waals surface area contributed by atoms with E-state index >= 15 is 0 Å². The van der Waals surface area contributed by atoms with Gasteiger partial charge in [0.15, 0.2) is 23.3 Å². The summed E-state index contributed by atoms with van der Waals surface area (Å²) >= 11 is 0. The van der Waals surface area contributed by atoms with Crippen LogP contribution in [0.5, 0.6) is 0 Å². The van der Waals surface area contributed by atoms with Gasteiger partial charge in [0, 0.05) is 131 Å². The first-order chi connectivity index (χ1) is 34.8. The zero-order valence-corrected chi connectivity index (χ0v) is 41.9. The average Bonchev–Trinajstić information content (AvgIpc) is 4.18. The lowest BCUT2D eigenvalue weighted by Gasteiger charge is -2.16. The van der Waals surface area contributed by atoms with E-state index in [0.29, 0.717) is 19.5 Å². The van der Waals surface area contributed by atoms with Crippen LogP contribution in [0.15, 0.2) is 43.2 Å². The van der Waals surface area contributed by atoms with Crippen molar-refractivity contribution in [3.05, 3.63) is 72.2 Å². The highest BCUT2D eigenvalue weighted by Gasteiger charge is 2.21. The lowest BCUT2D eigenvalue weighted by atomic mass is 10.3. The van der Waals surface area contributed by atoms with Crippen molar-refractivity contribution in [1.29, 1.82) is 0 Å². The number of carbonyl (C=O) groups is 9. The highest BCUT2D eigenvalue weighted by Crippen LogP contribution is 2.16. The lowest BCUT2D eigenvalue weighted by molar-refractivity contribution is -0.121. The molecule has 392 valence electrons. The van der Waals surface area contributed by atoms with Crippen molar-refractivity contribution in [2.24, 2.45) is 35.2 Å². The highest BCUT2D eigenvalue weighted by molar-refractivity contribution is 6.04. The topological polar surface area (TPSA) is 341 Å². The highest BCUT2D eigenvalue weighted by atomic mass is 16.2. The Bertz CT molecular complexity index is 2800. The van der Waals surface area contributed by atoms with Gasteiger partial charge >= 0.3 is 0 Å². The summed E-state index contributed by atoms with van der Waals surface area (Å²) in [5.41, 5.74) is 0.446. The number of imidazole rings is 4. The number of nitrogens with one attached hydrogen (secondary N) is 9. The summed E-state index contributed by atoms with van der Waals surface area (Å²) in [6.45, 7) is 4.48. The van der Waals surface area contributed by atoms with Crippen LogP contribution in [0.1, 0.15) is 98.4 Å². The Kier molecular flexibility index (Phi) is 20.1. The van der Waals surface area contributed by atoms with Crippen LogP contribution in [0.2, 0.25) is 0 Å². The molecule has 9 N–H and O–H groups in total. The first kappa shape index (κ1) is 55.2. The summed E-state index contributed by atoms with van der Waals surface area (Å²) in [5.74, 6) is -3.48. The quantitative estimate of drug-likeness (QED) is 0.0299. The summed E-state index contributed by atoms with van der Waals surface area (Å²) in [6, 6.07) is 1.44. The van der Waals surface area contributed by atoms with Crippen LogP contribution in [0.4, 0.5) is 23.1 Å². The molecule has 0 fully saturated rings. The van der Waals surface area contributed by atoms with E-state index in [1.165, 1.54) is 59.9 Å². The minimum absolute atomic E-state index is 0.00140. The molecule has 0 atom stereocenters. The zero-order chi connectivity index (χ0) is 53.2. The van der Waals surface area contributed by atoms with Crippen LogP contribution < -0.4 is 47.9 Å². The van der Waals surface area contributed by atoms with E-state index < -0.39 is 41.4 Å². The number of hydrogen-bond donors (Lipinski definition) is 9. The molecule has 28 heteroatoms. The van der Waals surface area contributed by atoms with Gasteiger partial charge in [0.25, 0.3) is 29.5 Å². The normalized spacial score (nSPS) is 10.9. The van der Waals surface area contributed by atoms with Gasteiger partial charge in [-0.1, -0.05) is 6.92 Å². The van der Waals surface area contributed by atoms with Crippen LogP contribution in [0.3, 0.4) is 0 Å². The number of amides is 9. The van der Waals surface area contributed by atoms with Crippen LogP contribution in [-0.2, 0) is 54.4 Å². The van der Waals surface area contributed by atoms with Crippen molar-refractivity contribution in [2.75, 3.05) is 74.1 Å². The fraction of sp³-hybridized carbons (Fsp3) is 0.444. The van der Waals surface area contributed by atoms with Crippen LogP contribution in [0.25, 0.3) is 0 Å². The number of hydrogen-bond acceptors (Lipinski definition) is 14. The third-order valence-corrected chi connectivity index (χ3v) is 10.8. The number of aromatic nitrogens is 9. The SMILES string of the molecule is CCC(=O)NCCCN(C)CCCNC(=O)CCNC(=O)c1nc(NC(=O)CCNC(=O)c2cc(NC(=O)c3nc(NC(=O)CCNC(=O)c4nc(NC(=O)c5nccn5C)cn4C)cn3C)cn2C)cn1C. The molecule has 0 aliphatic carbocycles. The van der Waals surface area contributed by atoms with E-state index in [0.717, 1.165) is 25.9 Å². The van der Waals surface area contributed by atoms with Crippen LogP contribution in [-0.4, -0.2) is 154 Å². The maximum absolute atomic E-state index is 13.2. The summed E-state index contributed by atoms with van der Waals surface area (Å²) in [4.78, 5) is 132. The van der Waals surface area contributed by atoms with E-state index in [4.69, 9.17) is 0 Å². The van der Waals surface area contributed by atoms with E-state index in [1.54, 1.807) is 41.4 Å². The minimum atomic E-state index is -0.636. The Hall–Kier alpha value is -8.69. The molecule has 9 amide bonds. The fourth-order valence-corrected chi connectivity index (χ4v) is 7.02. The predicted molar refractivity (Wildman–Crippen MR) is 265 cm³/mol. The molecule has 0 aliphatic heterocycles. The minimum Gasteiger partial charge on any atom is -0.356 e. The van der Waals surface area contributed by atoms with E-state index in [-0.39, 0.29) is 103 Å². The molecule has 0 bridgehead atoms. The van der Waals surface area contributed by atoms with Gasteiger partial charge in [-0.15, -0.1) is 0 Å². The molecule has 0 radical (unpaired) electrons. The number of nitrogens with zero attached hydrogens (tertiary/aromatic N) is 10. The van der Waals surface area contributed by atoms with Gasteiger partial charge in [-0.3, -0.25) is 43.2 Å². The molecule has 0 spiro atoms. The summed E-state index contributed by atoms with van der Waals surface area (Å²) < 4.78 is 7.27. The average molecular weight is 1010 g/mol. The van der Waals surface area contributed by atoms with Gasteiger partial charge in [0.05, 0.1) is 5.69 Å². The van der Waals surface area contributed by atoms with E-state index in [1.807, 2.05) is 14.0 Å². The van der Waals surface area contributed by atoms with Crippen molar-refractivity contribution in [3.63, 3.8) is 0 Å². The molecule has 0 unspecified atom stereocenters. The molecular weight excluding hydrogens is 951 g/mol. The molecule has 5 heterocycles. The Morgan fingerprint density at radius 2 is 0.932 bits per heavy atom. The number of carbonyl (C=O) groups excluding carboxylic acids is 9. The molecule has 5 aromatic heterocycles. The van der Waals surface area contributed by atoms with Crippen LogP contribution >= 0.6 is 0 Å². The molecule has 5 rings (SSSR count). The summed E-state index contributed by atoms with van der Waals surface area (Å²) in [5, 5.41) is 24.1. The number of aryl methyl sites for hydroxylation is 5. The van der Waals surface area contributed by atoms with Crippen molar-refractivity contribution in [3.8, 4) is 0 Å². The number of rotatable bonds is 27. The van der Waals surface area contributed by atoms with Gasteiger partial charge in [-0.2, -0.15) is 0 Å². The number of anilines is 4. The first-order valence-electron chi connectivity index (χ1n) is 23.3. The molecule has 5 aromatic rings. The summed E-state index contributed by atoms with van der Waals surface area (Å²) in [7, 11) is 9.96. The third-order valence-electron chi connectivity index (χ3n) is 10.8. The molecule has 73 heavy (non-hydrogen) atoms. The van der Waals surface area contributed by atoms with Gasteiger partial charge < -0.3 is 75.6 Å². The Labute approximate surface area is 419 Å². The molecule has 0 aromatic carbocycles.